The minimum Gasteiger partial charge on any atom is -0.368 e. The fourth-order valence-electron chi connectivity index (χ4n) is 1.91. The van der Waals surface area contributed by atoms with E-state index in [-0.39, 0.29) is 24.0 Å². The highest BCUT2D eigenvalue weighted by molar-refractivity contribution is 5.81. The normalized spacial score (nSPS) is 27.1. The Balaban J connectivity index is 2.44. The van der Waals surface area contributed by atoms with Crippen LogP contribution in [0.3, 0.4) is 0 Å². The number of carbonyl (C=O) groups is 1. The first-order valence-corrected chi connectivity index (χ1v) is 5.57. The number of hydrogen-bond donors (Lipinski definition) is 1. The Bertz CT molecular complexity index is 230. The van der Waals surface area contributed by atoms with Crippen LogP contribution in [0.4, 0.5) is 0 Å². The van der Waals surface area contributed by atoms with E-state index in [1.165, 1.54) is 0 Å². The highest BCUT2D eigenvalue weighted by Crippen LogP contribution is 2.20. The first-order chi connectivity index (χ1) is 7.60. The van der Waals surface area contributed by atoms with E-state index in [0.29, 0.717) is 6.61 Å². The second-order valence-electron chi connectivity index (χ2n) is 4.19. The van der Waals surface area contributed by atoms with Crippen molar-refractivity contribution in [3.8, 4) is 0 Å². The number of rotatable bonds is 5. The van der Waals surface area contributed by atoms with Crippen LogP contribution in [0.5, 0.6) is 0 Å². The number of carbonyl (C=O) groups excluding carboxylic acids is 1. The van der Waals surface area contributed by atoms with Gasteiger partial charge in [0.25, 0.3) is 0 Å². The largest absolute Gasteiger partial charge is 0.368 e. The van der Waals surface area contributed by atoms with Gasteiger partial charge in [0.2, 0.25) is 5.91 Å². The van der Waals surface area contributed by atoms with Crippen LogP contribution in [0.15, 0.2) is 0 Å². The Hall–Kier alpha value is -0.650. The molecule has 3 atom stereocenters. The highest BCUT2D eigenvalue weighted by Gasteiger charge is 2.32. The van der Waals surface area contributed by atoms with Gasteiger partial charge in [0.15, 0.2) is 6.29 Å². The summed E-state index contributed by atoms with van der Waals surface area (Å²) in [6.07, 6.45) is 0.169. The quantitative estimate of drug-likeness (QED) is 0.701. The van der Waals surface area contributed by atoms with Gasteiger partial charge in [-0.05, 0) is 19.3 Å². The van der Waals surface area contributed by atoms with E-state index < -0.39 is 6.29 Å². The molecule has 0 aromatic carbocycles. The molecule has 0 aliphatic carbocycles. The maximum absolute atomic E-state index is 11.9. The van der Waals surface area contributed by atoms with Crippen LogP contribution in [0, 0.1) is 5.92 Å². The van der Waals surface area contributed by atoms with Crippen molar-refractivity contribution in [2.75, 3.05) is 20.8 Å². The molecule has 1 aliphatic rings. The molecule has 3 unspecified atom stereocenters. The lowest BCUT2D eigenvalue weighted by Gasteiger charge is -2.24. The second kappa shape index (κ2) is 6.18. The Labute approximate surface area is 96.4 Å². The molecule has 1 aliphatic heterocycles. The van der Waals surface area contributed by atoms with Crippen molar-refractivity contribution in [1.29, 1.82) is 0 Å². The lowest BCUT2D eigenvalue weighted by Crippen LogP contribution is -2.47. The Morgan fingerprint density at radius 3 is 2.50 bits per heavy atom. The van der Waals surface area contributed by atoms with Crippen molar-refractivity contribution >= 4 is 5.91 Å². The Morgan fingerprint density at radius 2 is 2.06 bits per heavy atom. The fourth-order valence-corrected chi connectivity index (χ4v) is 1.91. The molecular formula is C11H21NO4. The lowest BCUT2D eigenvalue weighted by atomic mass is 10.0. The summed E-state index contributed by atoms with van der Waals surface area (Å²) >= 11 is 0. The van der Waals surface area contributed by atoms with E-state index in [4.69, 9.17) is 14.2 Å². The molecule has 1 amide bonds. The van der Waals surface area contributed by atoms with Crippen LogP contribution >= 0.6 is 0 Å². The molecule has 0 radical (unpaired) electrons. The van der Waals surface area contributed by atoms with Crippen LogP contribution in [0.25, 0.3) is 0 Å². The van der Waals surface area contributed by atoms with Gasteiger partial charge in [0, 0.05) is 20.8 Å². The predicted octanol–water partition coefficient (Wildman–Crippen LogP) is 0.535. The van der Waals surface area contributed by atoms with Gasteiger partial charge < -0.3 is 19.5 Å². The van der Waals surface area contributed by atoms with Gasteiger partial charge in [0.1, 0.15) is 6.10 Å². The minimum absolute atomic E-state index is 0.0865. The van der Waals surface area contributed by atoms with E-state index in [9.17, 15) is 4.79 Å². The fraction of sp³-hybridized carbons (Fsp3) is 0.909. The zero-order chi connectivity index (χ0) is 12.1. The maximum Gasteiger partial charge on any atom is 0.249 e. The number of ether oxygens (including phenoxy) is 3. The summed E-state index contributed by atoms with van der Waals surface area (Å²) in [7, 11) is 3.09. The number of amides is 1. The standard InChI is InChI=1S/C11H21NO4/c1-7-5-6-16-9(7)10(13)12-8(2)11(14-3)15-4/h7-9,11H,5-6H2,1-4H3,(H,12,13). The van der Waals surface area contributed by atoms with Crippen molar-refractivity contribution in [1.82, 2.24) is 5.32 Å². The Kier molecular flexibility index (Phi) is 5.18. The first kappa shape index (κ1) is 13.4. The van der Waals surface area contributed by atoms with E-state index in [1.54, 1.807) is 14.2 Å². The van der Waals surface area contributed by atoms with Gasteiger partial charge in [0.05, 0.1) is 6.04 Å². The molecule has 5 heteroatoms. The van der Waals surface area contributed by atoms with Gasteiger partial charge in [-0.25, -0.2) is 0 Å². The van der Waals surface area contributed by atoms with Crippen LogP contribution in [-0.4, -0.2) is 45.2 Å². The van der Waals surface area contributed by atoms with Gasteiger partial charge in [-0.1, -0.05) is 6.92 Å². The molecule has 1 N–H and O–H groups in total. The topological polar surface area (TPSA) is 56.8 Å². The monoisotopic (exact) mass is 231 g/mol. The smallest absolute Gasteiger partial charge is 0.249 e. The summed E-state index contributed by atoms with van der Waals surface area (Å²) in [5, 5.41) is 2.84. The highest BCUT2D eigenvalue weighted by atomic mass is 16.7. The Morgan fingerprint density at radius 1 is 1.44 bits per heavy atom. The minimum atomic E-state index is -0.430. The third-order valence-electron chi connectivity index (χ3n) is 2.89. The van der Waals surface area contributed by atoms with E-state index in [0.717, 1.165) is 6.42 Å². The third kappa shape index (κ3) is 3.17. The zero-order valence-corrected chi connectivity index (χ0v) is 10.4. The van der Waals surface area contributed by atoms with Crippen LogP contribution < -0.4 is 5.32 Å². The van der Waals surface area contributed by atoms with Crippen LogP contribution in [-0.2, 0) is 19.0 Å². The third-order valence-corrected chi connectivity index (χ3v) is 2.89. The molecule has 1 fully saturated rings. The summed E-state index contributed by atoms with van der Waals surface area (Å²) < 4.78 is 15.5. The molecule has 16 heavy (non-hydrogen) atoms. The molecule has 1 saturated heterocycles. The molecule has 0 aromatic rings. The molecule has 5 nitrogen and oxygen atoms in total. The average Bonchev–Trinajstić information content (AvgIpc) is 2.66. The molecule has 0 bridgehead atoms. The molecule has 0 aromatic heterocycles. The van der Waals surface area contributed by atoms with Crippen molar-refractivity contribution in [2.24, 2.45) is 5.92 Å². The average molecular weight is 231 g/mol. The summed E-state index contributed by atoms with van der Waals surface area (Å²) in [4.78, 5) is 11.9. The maximum atomic E-state index is 11.9. The second-order valence-corrected chi connectivity index (χ2v) is 4.19. The SMILES string of the molecule is COC(OC)C(C)NC(=O)C1OCCC1C. The van der Waals surface area contributed by atoms with E-state index in [1.807, 2.05) is 13.8 Å². The van der Waals surface area contributed by atoms with E-state index >= 15 is 0 Å². The molecule has 1 heterocycles. The van der Waals surface area contributed by atoms with Crippen molar-refractivity contribution < 1.29 is 19.0 Å². The van der Waals surface area contributed by atoms with Gasteiger partial charge in [-0.3, -0.25) is 4.79 Å². The first-order valence-electron chi connectivity index (χ1n) is 5.57. The number of hydrogen-bond acceptors (Lipinski definition) is 4. The van der Waals surface area contributed by atoms with Crippen LogP contribution in [0.1, 0.15) is 20.3 Å². The van der Waals surface area contributed by atoms with Gasteiger partial charge >= 0.3 is 0 Å². The molecule has 0 spiro atoms. The molecule has 1 rings (SSSR count). The van der Waals surface area contributed by atoms with Gasteiger partial charge in [-0.15, -0.1) is 0 Å². The molecular weight excluding hydrogens is 210 g/mol. The summed E-state index contributed by atoms with van der Waals surface area (Å²) in [6, 6.07) is -0.195. The van der Waals surface area contributed by atoms with Crippen molar-refractivity contribution in [3.63, 3.8) is 0 Å². The van der Waals surface area contributed by atoms with Crippen molar-refractivity contribution in [2.45, 2.75) is 38.7 Å². The summed E-state index contributed by atoms with van der Waals surface area (Å²) in [5.41, 5.74) is 0. The van der Waals surface area contributed by atoms with Crippen molar-refractivity contribution in [3.05, 3.63) is 0 Å². The lowest BCUT2D eigenvalue weighted by molar-refractivity contribution is -0.143. The number of methoxy groups -OCH3 is 2. The van der Waals surface area contributed by atoms with E-state index in [2.05, 4.69) is 5.32 Å². The summed E-state index contributed by atoms with van der Waals surface area (Å²) in [6.45, 7) is 4.52. The zero-order valence-electron chi connectivity index (χ0n) is 10.4. The molecule has 0 saturated carbocycles. The predicted molar refractivity (Wildman–Crippen MR) is 58.9 cm³/mol. The van der Waals surface area contributed by atoms with Crippen LogP contribution in [0.2, 0.25) is 0 Å². The molecule has 94 valence electrons. The summed E-state index contributed by atoms with van der Waals surface area (Å²) in [5.74, 6) is 0.187. The van der Waals surface area contributed by atoms with Gasteiger partial charge in [-0.2, -0.15) is 0 Å². The number of nitrogens with one attached hydrogen (secondary N) is 1.